The van der Waals surface area contributed by atoms with Gasteiger partial charge in [0.15, 0.2) is 5.65 Å². The highest BCUT2D eigenvalue weighted by molar-refractivity contribution is 7.88. The van der Waals surface area contributed by atoms with Crippen LogP contribution in [0.25, 0.3) is 11.0 Å². The van der Waals surface area contributed by atoms with Gasteiger partial charge in [0.05, 0.1) is 18.0 Å². The van der Waals surface area contributed by atoms with Crippen molar-refractivity contribution in [3.05, 3.63) is 24.0 Å². The second-order valence-corrected chi connectivity index (χ2v) is 8.92. The van der Waals surface area contributed by atoms with Crippen LogP contribution in [0.2, 0.25) is 0 Å². The van der Waals surface area contributed by atoms with E-state index in [1.165, 1.54) is 0 Å². The van der Waals surface area contributed by atoms with Crippen LogP contribution in [0.3, 0.4) is 0 Å². The Morgan fingerprint density at radius 1 is 1.35 bits per heavy atom. The number of piperidine rings is 1. The summed E-state index contributed by atoms with van der Waals surface area (Å²) in [7, 11) is -3.28. The number of likely N-dealkylation sites (tertiary alicyclic amines) is 1. The first-order valence-corrected chi connectivity index (χ1v) is 10.7. The zero-order chi connectivity index (χ0) is 18.9. The van der Waals surface area contributed by atoms with E-state index >= 15 is 0 Å². The first kappa shape index (κ1) is 18.8. The number of nitrogens with zero attached hydrogens (tertiary/aromatic N) is 4. The largest absolute Gasteiger partial charge is 0.334 e. The number of pyridine rings is 1. The topological polar surface area (TPSA) is 97.2 Å². The molecule has 3 rings (SSSR count). The van der Waals surface area contributed by atoms with Crippen LogP contribution in [0.4, 0.5) is 0 Å². The second kappa shape index (κ2) is 7.32. The lowest BCUT2D eigenvalue weighted by atomic mass is 10.0. The maximum absolute atomic E-state index is 13.0. The average molecular weight is 379 g/mol. The Bertz CT molecular complexity index is 906. The van der Waals surface area contributed by atoms with Gasteiger partial charge in [-0.05, 0) is 39.2 Å². The summed E-state index contributed by atoms with van der Waals surface area (Å²) in [5.41, 5.74) is 1.26. The van der Waals surface area contributed by atoms with E-state index in [9.17, 15) is 13.2 Å². The first-order chi connectivity index (χ1) is 12.3. The lowest BCUT2D eigenvalue weighted by molar-refractivity contribution is 0.0618. The van der Waals surface area contributed by atoms with Crippen molar-refractivity contribution >= 4 is 27.0 Å². The number of aromatic nitrogens is 3. The molecular formula is C17H25N5O3S. The number of carbonyl (C=O) groups excluding carboxylic acids is 1. The highest BCUT2D eigenvalue weighted by Crippen LogP contribution is 2.22. The SMILES string of the molecule is CC(C)n1ncc2cc(C(=O)N3CCCC[C@@H]3CNS(C)(=O)=O)cnc21. The predicted octanol–water partition coefficient (Wildman–Crippen LogP) is 1.56. The fourth-order valence-corrected chi connectivity index (χ4v) is 3.82. The van der Waals surface area contributed by atoms with Crippen LogP contribution in [-0.4, -0.2) is 59.4 Å². The maximum Gasteiger partial charge on any atom is 0.255 e. The standard InChI is InChI=1S/C17H25N5O3S/c1-12(2)22-16-13(10-19-22)8-14(9-18-16)17(23)21-7-5-4-6-15(21)11-20-26(3,24)25/h8-10,12,15,20H,4-7,11H2,1-3H3/t15-/m1/s1. The number of carbonyl (C=O) groups is 1. The van der Waals surface area contributed by atoms with Crippen LogP contribution in [0, 0.1) is 0 Å². The number of sulfonamides is 1. The summed E-state index contributed by atoms with van der Waals surface area (Å²) in [6.07, 6.45) is 7.13. The summed E-state index contributed by atoms with van der Waals surface area (Å²) in [5.74, 6) is -0.114. The number of hydrogen-bond acceptors (Lipinski definition) is 5. The summed E-state index contributed by atoms with van der Waals surface area (Å²) in [6.45, 7) is 4.92. The van der Waals surface area contributed by atoms with Gasteiger partial charge in [-0.3, -0.25) is 4.79 Å². The molecule has 2 aromatic heterocycles. The molecule has 0 radical (unpaired) electrons. The fourth-order valence-electron chi connectivity index (χ4n) is 3.33. The van der Waals surface area contributed by atoms with Crippen molar-refractivity contribution in [1.82, 2.24) is 24.4 Å². The molecular weight excluding hydrogens is 354 g/mol. The van der Waals surface area contributed by atoms with E-state index in [-0.39, 0.29) is 24.5 Å². The zero-order valence-corrected chi connectivity index (χ0v) is 16.2. The molecule has 9 heteroatoms. The van der Waals surface area contributed by atoms with Gasteiger partial charge in [0.2, 0.25) is 10.0 Å². The number of hydrogen-bond donors (Lipinski definition) is 1. The predicted molar refractivity (Wildman–Crippen MR) is 99.4 cm³/mol. The van der Waals surface area contributed by atoms with Crippen LogP contribution in [0.15, 0.2) is 18.5 Å². The highest BCUT2D eigenvalue weighted by atomic mass is 32.2. The van der Waals surface area contributed by atoms with E-state index < -0.39 is 10.0 Å². The summed E-state index contributed by atoms with van der Waals surface area (Å²) in [4.78, 5) is 19.2. The first-order valence-electron chi connectivity index (χ1n) is 8.85. The Kier molecular flexibility index (Phi) is 5.29. The van der Waals surface area contributed by atoms with Gasteiger partial charge in [-0.25, -0.2) is 22.8 Å². The Morgan fingerprint density at radius 2 is 2.12 bits per heavy atom. The third-order valence-electron chi connectivity index (χ3n) is 4.64. The van der Waals surface area contributed by atoms with Gasteiger partial charge >= 0.3 is 0 Å². The molecule has 8 nitrogen and oxygen atoms in total. The number of amides is 1. The lowest BCUT2D eigenvalue weighted by Gasteiger charge is -2.35. The second-order valence-electron chi connectivity index (χ2n) is 7.09. The van der Waals surface area contributed by atoms with E-state index in [2.05, 4.69) is 14.8 Å². The minimum atomic E-state index is -3.28. The number of nitrogens with one attached hydrogen (secondary N) is 1. The Hall–Kier alpha value is -2.00. The zero-order valence-electron chi connectivity index (χ0n) is 15.3. The molecule has 1 atom stereocenters. The third kappa shape index (κ3) is 4.04. The Balaban J connectivity index is 1.83. The average Bonchev–Trinajstić information content (AvgIpc) is 3.02. The van der Waals surface area contributed by atoms with Crippen molar-refractivity contribution in [2.24, 2.45) is 0 Å². The normalized spacial score (nSPS) is 18.6. The van der Waals surface area contributed by atoms with Gasteiger partial charge in [-0.2, -0.15) is 5.10 Å². The van der Waals surface area contributed by atoms with E-state index in [0.29, 0.717) is 12.1 Å². The monoisotopic (exact) mass is 379 g/mol. The minimum absolute atomic E-state index is 0.114. The van der Waals surface area contributed by atoms with Gasteiger partial charge in [-0.1, -0.05) is 0 Å². The Labute approximate surface area is 153 Å². The quantitative estimate of drug-likeness (QED) is 0.850. The summed E-state index contributed by atoms with van der Waals surface area (Å²) < 4.78 is 27.1. The van der Waals surface area contributed by atoms with Gasteiger partial charge in [0.25, 0.3) is 5.91 Å². The van der Waals surface area contributed by atoms with Crippen molar-refractivity contribution in [3.8, 4) is 0 Å². The van der Waals surface area contributed by atoms with Crippen molar-refractivity contribution in [3.63, 3.8) is 0 Å². The lowest BCUT2D eigenvalue weighted by Crippen LogP contribution is -2.49. The summed E-state index contributed by atoms with van der Waals surface area (Å²) in [6, 6.07) is 1.86. The molecule has 1 amide bonds. The maximum atomic E-state index is 13.0. The van der Waals surface area contributed by atoms with E-state index in [1.54, 1.807) is 17.3 Å². The molecule has 0 spiro atoms. The van der Waals surface area contributed by atoms with Gasteiger partial charge in [-0.15, -0.1) is 0 Å². The molecule has 142 valence electrons. The summed E-state index contributed by atoms with van der Waals surface area (Å²) >= 11 is 0. The molecule has 0 aliphatic carbocycles. The molecule has 2 aromatic rings. The van der Waals surface area contributed by atoms with Gasteiger partial charge in [0.1, 0.15) is 0 Å². The van der Waals surface area contributed by atoms with Crippen molar-refractivity contribution in [1.29, 1.82) is 0 Å². The molecule has 1 aliphatic rings. The minimum Gasteiger partial charge on any atom is -0.334 e. The molecule has 0 bridgehead atoms. The van der Waals surface area contributed by atoms with Crippen LogP contribution >= 0.6 is 0 Å². The molecule has 3 heterocycles. The molecule has 1 fully saturated rings. The number of fused-ring (bicyclic) bond motifs is 1. The van der Waals surface area contributed by atoms with Crippen molar-refractivity contribution in [2.75, 3.05) is 19.3 Å². The third-order valence-corrected chi connectivity index (χ3v) is 5.33. The van der Waals surface area contributed by atoms with Crippen LogP contribution in [-0.2, 0) is 10.0 Å². The van der Waals surface area contributed by atoms with Crippen LogP contribution in [0.5, 0.6) is 0 Å². The molecule has 26 heavy (non-hydrogen) atoms. The van der Waals surface area contributed by atoms with E-state index in [1.807, 2.05) is 24.6 Å². The molecule has 0 unspecified atom stereocenters. The van der Waals surface area contributed by atoms with Crippen molar-refractivity contribution in [2.45, 2.75) is 45.2 Å². The molecule has 1 aliphatic heterocycles. The van der Waals surface area contributed by atoms with E-state index in [0.717, 1.165) is 36.6 Å². The van der Waals surface area contributed by atoms with Crippen LogP contribution < -0.4 is 4.72 Å². The molecule has 1 N–H and O–H groups in total. The van der Waals surface area contributed by atoms with Gasteiger partial charge < -0.3 is 4.90 Å². The van der Waals surface area contributed by atoms with Gasteiger partial charge in [0, 0.05) is 36.8 Å². The molecule has 1 saturated heterocycles. The number of rotatable bonds is 5. The molecule has 0 aromatic carbocycles. The van der Waals surface area contributed by atoms with Crippen LogP contribution in [0.1, 0.15) is 49.5 Å². The van der Waals surface area contributed by atoms with Crippen molar-refractivity contribution < 1.29 is 13.2 Å². The van der Waals surface area contributed by atoms with E-state index in [4.69, 9.17) is 0 Å². The Morgan fingerprint density at radius 3 is 2.81 bits per heavy atom. The smallest absolute Gasteiger partial charge is 0.255 e. The molecule has 0 saturated carbocycles. The fraction of sp³-hybridized carbons (Fsp3) is 0.588. The highest BCUT2D eigenvalue weighted by Gasteiger charge is 2.28. The summed E-state index contributed by atoms with van der Waals surface area (Å²) in [5, 5.41) is 5.16.